The Morgan fingerprint density at radius 2 is 1.96 bits per heavy atom. The molecule has 0 saturated heterocycles. The molecule has 0 atom stereocenters. The van der Waals surface area contributed by atoms with Crippen molar-refractivity contribution >= 4 is 29.9 Å². The van der Waals surface area contributed by atoms with Gasteiger partial charge >= 0.3 is 0 Å². The third-order valence-corrected chi connectivity index (χ3v) is 4.46. The van der Waals surface area contributed by atoms with Gasteiger partial charge < -0.3 is 20.1 Å². The fraction of sp³-hybridized carbons (Fsp3) is 0.611. The predicted molar refractivity (Wildman–Crippen MR) is 108 cm³/mol. The first-order valence-electron chi connectivity index (χ1n) is 8.59. The molecule has 1 aromatic rings. The van der Waals surface area contributed by atoms with E-state index in [1.165, 1.54) is 25.7 Å². The van der Waals surface area contributed by atoms with Crippen LogP contribution in [0.25, 0.3) is 0 Å². The second-order valence-corrected chi connectivity index (χ2v) is 6.34. The predicted octanol–water partition coefficient (Wildman–Crippen LogP) is 3.46. The van der Waals surface area contributed by atoms with Crippen molar-refractivity contribution in [3.63, 3.8) is 0 Å². The van der Waals surface area contributed by atoms with Gasteiger partial charge in [-0.05, 0) is 50.7 Å². The number of rotatable bonds is 6. The number of hydrogen-bond donors (Lipinski definition) is 2. The second-order valence-electron chi connectivity index (χ2n) is 6.34. The van der Waals surface area contributed by atoms with Crippen LogP contribution >= 0.6 is 24.0 Å². The highest BCUT2D eigenvalue weighted by Crippen LogP contribution is 2.30. The van der Waals surface area contributed by atoms with Crippen molar-refractivity contribution in [2.75, 3.05) is 14.2 Å². The van der Waals surface area contributed by atoms with Crippen LogP contribution in [0.1, 0.15) is 44.1 Å². The fourth-order valence-corrected chi connectivity index (χ4v) is 2.90. The van der Waals surface area contributed by atoms with Crippen molar-refractivity contribution in [2.45, 2.75) is 57.2 Å². The topological polar surface area (TPSA) is 54.9 Å². The van der Waals surface area contributed by atoms with E-state index in [1.54, 1.807) is 7.11 Å². The summed E-state index contributed by atoms with van der Waals surface area (Å²) < 4.78 is 11.6. The number of nitrogens with zero attached hydrogens (tertiary/aromatic N) is 1. The smallest absolute Gasteiger partial charge is 0.191 e. The molecule has 0 spiro atoms. The Morgan fingerprint density at radius 3 is 2.58 bits per heavy atom. The Labute approximate surface area is 161 Å². The van der Waals surface area contributed by atoms with Crippen LogP contribution in [0.3, 0.4) is 0 Å². The van der Waals surface area contributed by atoms with E-state index < -0.39 is 0 Å². The molecule has 0 heterocycles. The van der Waals surface area contributed by atoms with Crippen LogP contribution in [-0.4, -0.2) is 32.3 Å². The normalized spacial score (nSPS) is 18.0. The number of methoxy groups -OCH3 is 1. The summed E-state index contributed by atoms with van der Waals surface area (Å²) in [7, 11) is 3.50. The summed E-state index contributed by atoms with van der Waals surface area (Å²) in [6.07, 6.45) is 7.63. The molecule has 2 saturated carbocycles. The maximum absolute atomic E-state index is 6.23. The van der Waals surface area contributed by atoms with Crippen LogP contribution in [0.4, 0.5) is 0 Å². The Kier molecular flexibility index (Phi) is 7.45. The van der Waals surface area contributed by atoms with Crippen LogP contribution in [0.2, 0.25) is 0 Å². The Hall–Kier alpha value is -1.18. The quantitative estimate of drug-likeness (QED) is 0.400. The monoisotopic (exact) mass is 445 g/mol. The zero-order chi connectivity index (χ0) is 16.1. The van der Waals surface area contributed by atoms with Gasteiger partial charge in [-0.3, -0.25) is 4.99 Å². The molecule has 0 aromatic heterocycles. The first-order chi connectivity index (χ1) is 11.3. The molecule has 1 aromatic carbocycles. The van der Waals surface area contributed by atoms with Crippen molar-refractivity contribution < 1.29 is 9.47 Å². The van der Waals surface area contributed by atoms with Crippen LogP contribution in [-0.2, 0) is 6.54 Å². The van der Waals surface area contributed by atoms with E-state index in [-0.39, 0.29) is 24.0 Å². The number of hydrogen-bond acceptors (Lipinski definition) is 3. The zero-order valence-corrected chi connectivity index (χ0v) is 16.8. The maximum atomic E-state index is 6.23. The van der Waals surface area contributed by atoms with E-state index in [1.807, 2.05) is 19.2 Å². The molecule has 0 aliphatic heterocycles. The summed E-state index contributed by atoms with van der Waals surface area (Å²) in [6.45, 7) is 0.693. The lowest BCUT2D eigenvalue weighted by Crippen LogP contribution is -2.38. The van der Waals surface area contributed by atoms with Crippen molar-refractivity contribution in [3.05, 3.63) is 23.8 Å². The highest BCUT2D eigenvalue weighted by Gasteiger charge is 2.22. The van der Waals surface area contributed by atoms with E-state index in [2.05, 4.69) is 21.7 Å². The number of nitrogens with one attached hydrogen (secondary N) is 2. The molecule has 24 heavy (non-hydrogen) atoms. The van der Waals surface area contributed by atoms with Gasteiger partial charge in [-0.15, -0.1) is 24.0 Å². The lowest BCUT2D eigenvalue weighted by atomic mass is 10.2. The third-order valence-electron chi connectivity index (χ3n) is 4.46. The molecule has 0 bridgehead atoms. The van der Waals surface area contributed by atoms with E-state index in [4.69, 9.17) is 9.47 Å². The van der Waals surface area contributed by atoms with Gasteiger partial charge in [-0.25, -0.2) is 0 Å². The average Bonchev–Trinajstić information content (AvgIpc) is 3.25. The first-order valence-corrected chi connectivity index (χ1v) is 8.59. The first kappa shape index (κ1) is 19.1. The lowest BCUT2D eigenvalue weighted by Gasteiger charge is -2.18. The molecule has 6 heteroatoms. The minimum Gasteiger partial charge on any atom is -0.497 e. The summed E-state index contributed by atoms with van der Waals surface area (Å²) in [5.74, 6) is 2.61. The van der Waals surface area contributed by atoms with Gasteiger partial charge in [0.05, 0.1) is 13.2 Å². The summed E-state index contributed by atoms with van der Waals surface area (Å²) >= 11 is 0. The minimum absolute atomic E-state index is 0. The maximum Gasteiger partial charge on any atom is 0.191 e. The molecule has 2 aliphatic carbocycles. The van der Waals surface area contributed by atoms with Gasteiger partial charge in [0.15, 0.2) is 5.96 Å². The van der Waals surface area contributed by atoms with E-state index >= 15 is 0 Å². The van der Waals surface area contributed by atoms with Gasteiger partial charge in [0.25, 0.3) is 0 Å². The van der Waals surface area contributed by atoms with E-state index in [0.29, 0.717) is 18.7 Å². The molecule has 2 fully saturated rings. The molecular formula is C18H28IN3O2. The van der Waals surface area contributed by atoms with Crippen LogP contribution < -0.4 is 20.1 Å². The lowest BCUT2D eigenvalue weighted by molar-refractivity contribution is 0.207. The molecule has 0 amide bonds. The van der Waals surface area contributed by atoms with Gasteiger partial charge in [0.2, 0.25) is 0 Å². The zero-order valence-electron chi connectivity index (χ0n) is 14.5. The minimum atomic E-state index is 0. The second kappa shape index (κ2) is 9.34. The highest BCUT2D eigenvalue weighted by molar-refractivity contribution is 14.0. The van der Waals surface area contributed by atoms with Crippen LogP contribution in [0.5, 0.6) is 11.5 Å². The number of benzene rings is 1. The molecule has 2 N–H and O–H groups in total. The van der Waals surface area contributed by atoms with Gasteiger partial charge in [0, 0.05) is 31.3 Å². The molecule has 3 rings (SSSR count). The standard InChI is InChI=1S/C18H27N3O2.HI/c1-19-18(21-14-8-9-14)20-12-13-7-10-16(22-2)11-17(13)23-15-5-3-4-6-15;/h7,10-11,14-15H,3-6,8-9,12H2,1-2H3,(H2,19,20,21);1H. The SMILES string of the molecule is CN=C(NCc1ccc(OC)cc1OC1CCCC1)NC1CC1.I. The largest absolute Gasteiger partial charge is 0.497 e. The van der Waals surface area contributed by atoms with E-state index in [9.17, 15) is 0 Å². The molecule has 134 valence electrons. The van der Waals surface area contributed by atoms with Crippen molar-refractivity contribution in [1.29, 1.82) is 0 Å². The molecule has 0 unspecified atom stereocenters. The number of aliphatic imine (C=N–C) groups is 1. The summed E-state index contributed by atoms with van der Waals surface area (Å²) in [4.78, 5) is 4.28. The van der Waals surface area contributed by atoms with Gasteiger partial charge in [-0.1, -0.05) is 0 Å². The van der Waals surface area contributed by atoms with E-state index in [0.717, 1.165) is 35.9 Å². The van der Waals surface area contributed by atoms with Gasteiger partial charge in [0.1, 0.15) is 11.5 Å². The van der Waals surface area contributed by atoms with Crippen molar-refractivity contribution in [1.82, 2.24) is 10.6 Å². The highest BCUT2D eigenvalue weighted by atomic mass is 127. The van der Waals surface area contributed by atoms with Gasteiger partial charge in [-0.2, -0.15) is 0 Å². The number of guanidine groups is 1. The fourth-order valence-electron chi connectivity index (χ4n) is 2.90. The van der Waals surface area contributed by atoms with Crippen molar-refractivity contribution in [2.24, 2.45) is 4.99 Å². The summed E-state index contributed by atoms with van der Waals surface area (Å²) in [5.41, 5.74) is 1.14. The Balaban J connectivity index is 0.00000208. The Morgan fingerprint density at radius 1 is 1.21 bits per heavy atom. The van der Waals surface area contributed by atoms with Crippen LogP contribution in [0.15, 0.2) is 23.2 Å². The number of ether oxygens (including phenoxy) is 2. The van der Waals surface area contributed by atoms with Crippen LogP contribution in [0, 0.1) is 0 Å². The molecule has 0 radical (unpaired) electrons. The Bertz CT molecular complexity index is 555. The molecule has 5 nitrogen and oxygen atoms in total. The van der Waals surface area contributed by atoms with Crippen molar-refractivity contribution in [3.8, 4) is 11.5 Å². The summed E-state index contributed by atoms with van der Waals surface area (Å²) in [5, 5.41) is 6.78. The summed E-state index contributed by atoms with van der Waals surface area (Å²) in [6, 6.07) is 6.63. The average molecular weight is 445 g/mol. The molecular weight excluding hydrogens is 417 g/mol. The molecule has 2 aliphatic rings. The third kappa shape index (κ3) is 5.43. The number of halogens is 1.